The van der Waals surface area contributed by atoms with E-state index in [1.54, 1.807) is 6.08 Å². The summed E-state index contributed by atoms with van der Waals surface area (Å²) in [6.45, 7) is 2.18. The normalized spacial score (nSPS) is 11.4. The van der Waals surface area contributed by atoms with Crippen LogP contribution in [0.5, 0.6) is 0 Å². The first-order valence-corrected chi connectivity index (χ1v) is 6.75. The fraction of sp³-hybridized carbons (Fsp3) is 0.353. The molecule has 0 saturated heterocycles. The van der Waals surface area contributed by atoms with Gasteiger partial charge < -0.3 is 0 Å². The molecule has 0 fully saturated rings. The van der Waals surface area contributed by atoms with Crippen molar-refractivity contribution in [1.29, 1.82) is 0 Å². The maximum atomic E-state index is 11.5. The average molecular weight is 242 g/mol. The van der Waals surface area contributed by atoms with Crippen molar-refractivity contribution in [1.82, 2.24) is 0 Å². The SMILES string of the molecule is CCCCCCC(=O)/C=C\C=C/c1ccccc1. The molecule has 0 aromatic heterocycles. The van der Waals surface area contributed by atoms with E-state index in [0.29, 0.717) is 6.42 Å². The maximum absolute atomic E-state index is 11.5. The third-order valence-electron chi connectivity index (χ3n) is 2.76. The number of allylic oxidation sites excluding steroid dienone is 3. The molecule has 0 amide bonds. The summed E-state index contributed by atoms with van der Waals surface area (Å²) in [5, 5.41) is 0. The van der Waals surface area contributed by atoms with Crippen molar-refractivity contribution in [2.45, 2.75) is 39.0 Å². The minimum Gasteiger partial charge on any atom is -0.295 e. The van der Waals surface area contributed by atoms with Crippen LogP contribution in [0, 0.1) is 0 Å². The second kappa shape index (κ2) is 9.41. The summed E-state index contributed by atoms with van der Waals surface area (Å²) in [5.74, 6) is 0.226. The van der Waals surface area contributed by atoms with E-state index < -0.39 is 0 Å². The van der Waals surface area contributed by atoms with Gasteiger partial charge in [-0.05, 0) is 18.1 Å². The molecular weight excluding hydrogens is 220 g/mol. The van der Waals surface area contributed by atoms with E-state index >= 15 is 0 Å². The number of hydrogen-bond donors (Lipinski definition) is 0. The molecule has 1 aromatic rings. The Bertz CT molecular complexity index is 387. The van der Waals surface area contributed by atoms with E-state index in [4.69, 9.17) is 0 Å². The largest absolute Gasteiger partial charge is 0.295 e. The average Bonchev–Trinajstić information content (AvgIpc) is 2.41. The highest BCUT2D eigenvalue weighted by molar-refractivity contribution is 5.89. The van der Waals surface area contributed by atoms with Gasteiger partial charge in [-0.15, -0.1) is 0 Å². The molecule has 96 valence electrons. The summed E-state index contributed by atoms with van der Waals surface area (Å²) in [5.41, 5.74) is 1.15. The molecule has 1 aromatic carbocycles. The van der Waals surface area contributed by atoms with Crippen molar-refractivity contribution < 1.29 is 4.79 Å². The van der Waals surface area contributed by atoms with Crippen molar-refractivity contribution in [2.75, 3.05) is 0 Å². The van der Waals surface area contributed by atoms with Gasteiger partial charge in [-0.1, -0.05) is 74.7 Å². The quantitative estimate of drug-likeness (QED) is 0.364. The molecule has 1 nitrogen and oxygen atoms in total. The van der Waals surface area contributed by atoms with Gasteiger partial charge in [0.1, 0.15) is 0 Å². The molecule has 1 heteroatoms. The molecule has 0 heterocycles. The first-order chi connectivity index (χ1) is 8.83. The van der Waals surface area contributed by atoms with Crippen LogP contribution >= 0.6 is 0 Å². The number of ketones is 1. The Morgan fingerprint density at radius 3 is 2.56 bits per heavy atom. The topological polar surface area (TPSA) is 17.1 Å². The second-order valence-electron chi connectivity index (χ2n) is 4.41. The molecule has 0 radical (unpaired) electrons. The zero-order valence-corrected chi connectivity index (χ0v) is 11.1. The Morgan fingerprint density at radius 1 is 1.06 bits per heavy atom. The smallest absolute Gasteiger partial charge is 0.155 e. The molecule has 0 atom stereocenters. The van der Waals surface area contributed by atoms with E-state index in [-0.39, 0.29) is 5.78 Å². The highest BCUT2D eigenvalue weighted by atomic mass is 16.1. The van der Waals surface area contributed by atoms with E-state index in [9.17, 15) is 4.79 Å². The Hall–Kier alpha value is -1.63. The lowest BCUT2D eigenvalue weighted by atomic mass is 10.1. The van der Waals surface area contributed by atoms with Gasteiger partial charge in [0.05, 0.1) is 0 Å². The van der Waals surface area contributed by atoms with Crippen molar-refractivity contribution in [3.05, 3.63) is 54.1 Å². The lowest BCUT2D eigenvalue weighted by molar-refractivity contribution is -0.114. The number of unbranched alkanes of at least 4 members (excludes halogenated alkanes) is 3. The molecular formula is C17H22O. The van der Waals surface area contributed by atoms with Crippen LogP contribution in [0.4, 0.5) is 0 Å². The van der Waals surface area contributed by atoms with Gasteiger partial charge >= 0.3 is 0 Å². The van der Waals surface area contributed by atoms with Crippen LogP contribution in [0.25, 0.3) is 6.08 Å². The summed E-state index contributed by atoms with van der Waals surface area (Å²) in [7, 11) is 0. The van der Waals surface area contributed by atoms with Gasteiger partial charge in [-0.25, -0.2) is 0 Å². The molecule has 0 spiro atoms. The van der Waals surface area contributed by atoms with Gasteiger partial charge in [-0.3, -0.25) is 4.79 Å². The van der Waals surface area contributed by atoms with Gasteiger partial charge in [-0.2, -0.15) is 0 Å². The summed E-state index contributed by atoms with van der Waals surface area (Å²) >= 11 is 0. The molecule has 0 saturated carbocycles. The predicted octanol–water partition coefficient (Wildman–Crippen LogP) is 4.80. The lowest BCUT2D eigenvalue weighted by Gasteiger charge is -1.95. The molecule has 0 bridgehead atoms. The predicted molar refractivity (Wildman–Crippen MR) is 78.4 cm³/mol. The zero-order valence-electron chi connectivity index (χ0n) is 11.1. The van der Waals surface area contributed by atoms with Crippen LogP contribution in [0.3, 0.4) is 0 Å². The van der Waals surface area contributed by atoms with Crippen molar-refractivity contribution in [2.24, 2.45) is 0 Å². The summed E-state index contributed by atoms with van der Waals surface area (Å²) in [6.07, 6.45) is 12.7. The van der Waals surface area contributed by atoms with Crippen molar-refractivity contribution >= 4 is 11.9 Å². The first-order valence-electron chi connectivity index (χ1n) is 6.75. The Morgan fingerprint density at radius 2 is 1.83 bits per heavy atom. The molecule has 0 aliphatic rings. The summed E-state index contributed by atoms with van der Waals surface area (Å²) in [4.78, 5) is 11.5. The third kappa shape index (κ3) is 6.85. The van der Waals surface area contributed by atoms with E-state index in [1.165, 1.54) is 12.8 Å². The monoisotopic (exact) mass is 242 g/mol. The summed E-state index contributed by atoms with van der Waals surface area (Å²) in [6, 6.07) is 10.1. The van der Waals surface area contributed by atoms with Crippen LogP contribution in [0.1, 0.15) is 44.6 Å². The molecule has 0 N–H and O–H groups in total. The second-order valence-corrected chi connectivity index (χ2v) is 4.41. The van der Waals surface area contributed by atoms with Crippen LogP contribution in [0.15, 0.2) is 48.6 Å². The highest BCUT2D eigenvalue weighted by Gasteiger charge is 1.95. The number of carbonyl (C=O) groups is 1. The Kier molecular flexibility index (Phi) is 7.54. The lowest BCUT2D eigenvalue weighted by Crippen LogP contribution is -1.91. The highest BCUT2D eigenvalue weighted by Crippen LogP contribution is 2.04. The Balaban J connectivity index is 2.23. The fourth-order valence-corrected chi connectivity index (χ4v) is 1.70. The molecule has 0 unspecified atom stereocenters. The maximum Gasteiger partial charge on any atom is 0.155 e. The zero-order chi connectivity index (χ0) is 13.1. The van der Waals surface area contributed by atoms with Crippen LogP contribution < -0.4 is 0 Å². The number of hydrogen-bond acceptors (Lipinski definition) is 1. The molecule has 1 rings (SSSR count). The fourth-order valence-electron chi connectivity index (χ4n) is 1.70. The molecule has 0 aliphatic carbocycles. The van der Waals surface area contributed by atoms with E-state index in [2.05, 4.69) is 6.92 Å². The first kappa shape index (κ1) is 14.4. The van der Waals surface area contributed by atoms with Gasteiger partial charge in [0.2, 0.25) is 0 Å². The minimum atomic E-state index is 0.226. The van der Waals surface area contributed by atoms with Gasteiger partial charge in [0, 0.05) is 6.42 Å². The van der Waals surface area contributed by atoms with E-state index in [1.807, 2.05) is 48.6 Å². The van der Waals surface area contributed by atoms with Crippen LogP contribution in [-0.2, 0) is 4.79 Å². The Labute approximate surface area is 110 Å². The van der Waals surface area contributed by atoms with Crippen molar-refractivity contribution in [3.63, 3.8) is 0 Å². The molecule has 0 aliphatic heterocycles. The van der Waals surface area contributed by atoms with Crippen LogP contribution in [0.2, 0.25) is 0 Å². The standard InChI is InChI=1S/C17H22O/c1-2-3-4-8-14-17(18)15-10-9-13-16-11-6-5-7-12-16/h5-7,9-13,15H,2-4,8,14H2,1H3/b13-9-,15-10-. The number of carbonyl (C=O) groups excluding carboxylic acids is 1. The van der Waals surface area contributed by atoms with Crippen molar-refractivity contribution in [3.8, 4) is 0 Å². The minimum absolute atomic E-state index is 0.226. The van der Waals surface area contributed by atoms with Crippen LogP contribution in [-0.4, -0.2) is 5.78 Å². The summed E-state index contributed by atoms with van der Waals surface area (Å²) < 4.78 is 0. The van der Waals surface area contributed by atoms with E-state index in [0.717, 1.165) is 18.4 Å². The number of benzene rings is 1. The van der Waals surface area contributed by atoms with Gasteiger partial charge in [0.25, 0.3) is 0 Å². The number of rotatable bonds is 8. The van der Waals surface area contributed by atoms with Gasteiger partial charge in [0.15, 0.2) is 5.78 Å². The molecule has 18 heavy (non-hydrogen) atoms. The third-order valence-corrected chi connectivity index (χ3v) is 2.76.